The van der Waals surface area contributed by atoms with Crippen LogP contribution in [0.2, 0.25) is 0 Å². The molecular formula is C9H12N4S. The molecule has 0 aliphatic carbocycles. The Balaban J connectivity index is 2.22. The van der Waals surface area contributed by atoms with Gasteiger partial charge in [0.15, 0.2) is 0 Å². The fourth-order valence-electron chi connectivity index (χ4n) is 1.25. The Bertz CT molecular complexity index is 443. The van der Waals surface area contributed by atoms with Gasteiger partial charge < -0.3 is 5.73 Å². The Morgan fingerprint density at radius 2 is 2.29 bits per heavy atom. The number of hydrogen-bond donors (Lipinski definition) is 1. The zero-order valence-electron chi connectivity index (χ0n) is 8.19. The lowest BCUT2D eigenvalue weighted by Gasteiger charge is -2.00. The van der Waals surface area contributed by atoms with E-state index in [0.717, 1.165) is 22.1 Å². The van der Waals surface area contributed by atoms with Crippen molar-refractivity contribution in [1.82, 2.24) is 14.8 Å². The summed E-state index contributed by atoms with van der Waals surface area (Å²) in [6.45, 7) is 4.60. The maximum atomic E-state index is 5.83. The number of nitrogen functional groups attached to an aromatic ring is 1. The number of anilines is 1. The van der Waals surface area contributed by atoms with Crippen molar-refractivity contribution in [3.63, 3.8) is 0 Å². The molecule has 2 aromatic heterocycles. The maximum absolute atomic E-state index is 5.83. The summed E-state index contributed by atoms with van der Waals surface area (Å²) in [4.78, 5) is 4.36. The Kier molecular flexibility index (Phi) is 2.25. The largest absolute Gasteiger partial charge is 0.384 e. The summed E-state index contributed by atoms with van der Waals surface area (Å²) in [5, 5.41) is 7.28. The van der Waals surface area contributed by atoms with Crippen LogP contribution >= 0.6 is 11.3 Å². The third-order valence-electron chi connectivity index (χ3n) is 2.05. The molecule has 5 heteroatoms. The van der Waals surface area contributed by atoms with Crippen molar-refractivity contribution in [3.8, 4) is 0 Å². The molecule has 0 saturated heterocycles. The zero-order chi connectivity index (χ0) is 10.1. The summed E-state index contributed by atoms with van der Waals surface area (Å²) in [5.41, 5.74) is 7.86. The van der Waals surface area contributed by atoms with E-state index in [1.165, 1.54) is 0 Å². The second kappa shape index (κ2) is 3.42. The maximum Gasteiger partial charge on any atom is 0.125 e. The highest BCUT2D eigenvalue weighted by atomic mass is 32.1. The summed E-state index contributed by atoms with van der Waals surface area (Å²) in [6.07, 6.45) is 1.77. The van der Waals surface area contributed by atoms with E-state index < -0.39 is 0 Å². The van der Waals surface area contributed by atoms with Gasteiger partial charge in [0.1, 0.15) is 5.82 Å². The van der Waals surface area contributed by atoms with Crippen LogP contribution in [0.4, 0.5) is 5.82 Å². The van der Waals surface area contributed by atoms with E-state index in [-0.39, 0.29) is 0 Å². The zero-order valence-corrected chi connectivity index (χ0v) is 9.01. The topological polar surface area (TPSA) is 56.7 Å². The normalized spacial score (nSPS) is 10.7. The van der Waals surface area contributed by atoms with Gasteiger partial charge in [-0.2, -0.15) is 5.10 Å². The molecule has 2 aromatic rings. The first-order chi connectivity index (χ1) is 6.66. The number of thiazole rings is 1. The van der Waals surface area contributed by atoms with Gasteiger partial charge in [-0.25, -0.2) is 9.67 Å². The number of nitrogens with two attached hydrogens (primary N) is 1. The minimum atomic E-state index is 0.657. The summed E-state index contributed by atoms with van der Waals surface area (Å²) in [5.74, 6) is 0.718. The molecule has 0 spiro atoms. The SMILES string of the molecule is Cc1nc(Cn2ncc(C)c2N)cs1. The first-order valence-corrected chi connectivity index (χ1v) is 5.23. The molecule has 0 radical (unpaired) electrons. The number of hydrogen-bond acceptors (Lipinski definition) is 4. The lowest BCUT2D eigenvalue weighted by atomic mass is 10.4. The number of aryl methyl sites for hydroxylation is 2. The molecule has 0 bridgehead atoms. The summed E-state index contributed by atoms with van der Waals surface area (Å²) in [6, 6.07) is 0. The molecule has 0 aliphatic heterocycles. The van der Waals surface area contributed by atoms with Crippen LogP contribution in [-0.2, 0) is 6.54 Å². The highest BCUT2D eigenvalue weighted by Crippen LogP contribution is 2.13. The van der Waals surface area contributed by atoms with Crippen LogP contribution in [0.15, 0.2) is 11.6 Å². The minimum absolute atomic E-state index is 0.657. The van der Waals surface area contributed by atoms with Crippen LogP contribution < -0.4 is 5.73 Å². The lowest BCUT2D eigenvalue weighted by molar-refractivity contribution is 0.684. The first kappa shape index (κ1) is 9.21. The van der Waals surface area contributed by atoms with Gasteiger partial charge in [-0.1, -0.05) is 0 Å². The van der Waals surface area contributed by atoms with Gasteiger partial charge in [-0.05, 0) is 13.8 Å². The molecule has 74 valence electrons. The number of rotatable bonds is 2. The standard InChI is InChI=1S/C9H12N4S/c1-6-3-11-13(9(6)10)4-8-5-14-7(2)12-8/h3,5H,4,10H2,1-2H3. The molecule has 4 nitrogen and oxygen atoms in total. The average molecular weight is 208 g/mol. The smallest absolute Gasteiger partial charge is 0.125 e. The average Bonchev–Trinajstić information content (AvgIpc) is 2.67. The van der Waals surface area contributed by atoms with Crippen molar-refractivity contribution in [3.05, 3.63) is 27.8 Å². The molecule has 2 rings (SSSR count). The predicted molar refractivity (Wildman–Crippen MR) is 57.3 cm³/mol. The molecule has 0 aliphatic rings. The quantitative estimate of drug-likeness (QED) is 0.815. The van der Waals surface area contributed by atoms with Gasteiger partial charge in [0.05, 0.1) is 23.4 Å². The Morgan fingerprint density at radius 3 is 2.79 bits per heavy atom. The summed E-state index contributed by atoms with van der Waals surface area (Å²) < 4.78 is 1.77. The molecule has 2 N–H and O–H groups in total. The molecule has 0 aromatic carbocycles. The Labute approximate surface area is 86.4 Å². The summed E-state index contributed by atoms with van der Waals surface area (Å²) in [7, 11) is 0. The molecule has 0 amide bonds. The van der Waals surface area contributed by atoms with E-state index in [9.17, 15) is 0 Å². The van der Waals surface area contributed by atoms with Gasteiger partial charge in [0.2, 0.25) is 0 Å². The first-order valence-electron chi connectivity index (χ1n) is 4.35. The van der Waals surface area contributed by atoms with Gasteiger partial charge >= 0.3 is 0 Å². The molecule has 2 heterocycles. The summed E-state index contributed by atoms with van der Waals surface area (Å²) >= 11 is 1.64. The van der Waals surface area contributed by atoms with Crippen LogP contribution in [0.25, 0.3) is 0 Å². The van der Waals surface area contributed by atoms with E-state index in [1.807, 2.05) is 19.2 Å². The molecule has 0 unspecified atom stereocenters. The number of nitrogens with zero attached hydrogens (tertiary/aromatic N) is 3. The highest BCUT2D eigenvalue weighted by molar-refractivity contribution is 7.09. The lowest BCUT2D eigenvalue weighted by Crippen LogP contribution is -2.06. The second-order valence-corrected chi connectivity index (χ2v) is 4.29. The molecule has 0 fully saturated rings. The molecular weight excluding hydrogens is 196 g/mol. The van der Waals surface area contributed by atoms with Crippen LogP contribution in [0.5, 0.6) is 0 Å². The molecule has 0 saturated carbocycles. The van der Waals surface area contributed by atoms with Gasteiger partial charge in [-0.15, -0.1) is 11.3 Å². The Hall–Kier alpha value is -1.36. The van der Waals surface area contributed by atoms with Crippen molar-refractivity contribution < 1.29 is 0 Å². The second-order valence-electron chi connectivity index (χ2n) is 3.23. The molecule has 14 heavy (non-hydrogen) atoms. The van der Waals surface area contributed by atoms with Crippen molar-refractivity contribution in [1.29, 1.82) is 0 Å². The van der Waals surface area contributed by atoms with Crippen LogP contribution in [0.3, 0.4) is 0 Å². The van der Waals surface area contributed by atoms with Crippen molar-refractivity contribution in [2.24, 2.45) is 0 Å². The van der Waals surface area contributed by atoms with E-state index in [2.05, 4.69) is 10.1 Å². The number of aromatic nitrogens is 3. The van der Waals surface area contributed by atoms with Crippen LogP contribution in [0.1, 0.15) is 16.3 Å². The third kappa shape index (κ3) is 1.63. The monoisotopic (exact) mass is 208 g/mol. The highest BCUT2D eigenvalue weighted by Gasteiger charge is 2.05. The van der Waals surface area contributed by atoms with Crippen molar-refractivity contribution in [2.45, 2.75) is 20.4 Å². The Morgan fingerprint density at radius 1 is 1.50 bits per heavy atom. The fraction of sp³-hybridized carbons (Fsp3) is 0.333. The van der Waals surface area contributed by atoms with E-state index in [1.54, 1.807) is 22.2 Å². The van der Waals surface area contributed by atoms with Gasteiger partial charge in [0.25, 0.3) is 0 Å². The predicted octanol–water partition coefficient (Wildman–Crippen LogP) is 1.59. The molecule has 0 atom stereocenters. The van der Waals surface area contributed by atoms with E-state index in [4.69, 9.17) is 5.73 Å². The van der Waals surface area contributed by atoms with Crippen molar-refractivity contribution >= 4 is 17.2 Å². The minimum Gasteiger partial charge on any atom is -0.384 e. The van der Waals surface area contributed by atoms with E-state index in [0.29, 0.717) is 6.54 Å². The van der Waals surface area contributed by atoms with Crippen LogP contribution in [0, 0.1) is 13.8 Å². The van der Waals surface area contributed by atoms with Crippen molar-refractivity contribution in [2.75, 3.05) is 5.73 Å². The van der Waals surface area contributed by atoms with Crippen LogP contribution in [-0.4, -0.2) is 14.8 Å². The fourth-order valence-corrected chi connectivity index (χ4v) is 1.85. The van der Waals surface area contributed by atoms with E-state index >= 15 is 0 Å². The van der Waals surface area contributed by atoms with Gasteiger partial charge in [0, 0.05) is 10.9 Å². The third-order valence-corrected chi connectivity index (χ3v) is 2.87. The van der Waals surface area contributed by atoms with Gasteiger partial charge in [-0.3, -0.25) is 0 Å².